The summed E-state index contributed by atoms with van der Waals surface area (Å²) in [7, 11) is 0. The molecule has 1 saturated heterocycles. The zero-order chi connectivity index (χ0) is 24.1. The number of halogens is 2. The van der Waals surface area contributed by atoms with Gasteiger partial charge in [0.05, 0.1) is 22.7 Å². The zero-order valence-corrected chi connectivity index (χ0v) is 20.3. The number of aromatic nitrogens is 3. The highest BCUT2D eigenvalue weighted by atomic mass is 35.5. The summed E-state index contributed by atoms with van der Waals surface area (Å²) in [4.78, 5) is 8.96. The van der Waals surface area contributed by atoms with Crippen molar-refractivity contribution in [3.8, 4) is 0 Å². The van der Waals surface area contributed by atoms with Crippen LogP contribution in [0.1, 0.15) is 38.3 Å². The van der Waals surface area contributed by atoms with E-state index in [4.69, 9.17) is 26.8 Å². The second-order valence-corrected chi connectivity index (χ2v) is 11.1. The number of nitrogens with zero attached hydrogens (tertiary/aromatic N) is 3. The van der Waals surface area contributed by atoms with E-state index in [0.717, 1.165) is 35.9 Å². The molecule has 180 valence electrons. The minimum Gasteiger partial charge on any atom is -0.382 e. The lowest BCUT2D eigenvalue weighted by Crippen LogP contribution is -2.32. The van der Waals surface area contributed by atoms with E-state index < -0.39 is 5.79 Å². The lowest BCUT2D eigenvalue weighted by molar-refractivity contribution is -0.161. The molecule has 3 aromatic heterocycles. The summed E-state index contributed by atoms with van der Waals surface area (Å²) in [5.41, 5.74) is 8.27. The van der Waals surface area contributed by atoms with E-state index >= 15 is 0 Å². The molecule has 1 aromatic carbocycles. The Morgan fingerprint density at radius 3 is 2.94 bits per heavy atom. The maximum atomic E-state index is 14.9. The monoisotopic (exact) mass is 492 g/mol. The standard InChI is InChI=1S/C27H26ClFN4O2/c1-26(2)34-22-21(33-9-6-15-4-3-8-31-25(15)33)17-13-27(17,23(22)35-26)7-5-14-10-19(29)16-12-18(28)24(30)32-20(16)11-14/h3-4,6,8-12,17,21-23H,5,7,13H2,1-2H3,(H2,30,32)/t17-,21-,22+,23+,27?/m1/s1. The second kappa shape index (κ2) is 7.15. The largest absolute Gasteiger partial charge is 0.382 e. The molecule has 4 heterocycles. The minimum absolute atomic E-state index is 0.00758. The SMILES string of the molecule is CC1(C)O[C@H]2[C@H](n3ccc4cccnc43)[C@H]3CC3(CCc3cc(F)c4cc(Cl)c(N)nc4c3)[C@H]2O1. The number of aryl methyl sites for hydroxylation is 1. The Morgan fingerprint density at radius 1 is 1.23 bits per heavy atom. The van der Waals surface area contributed by atoms with E-state index in [0.29, 0.717) is 16.8 Å². The highest BCUT2D eigenvalue weighted by Gasteiger charge is 2.75. The smallest absolute Gasteiger partial charge is 0.163 e. The number of pyridine rings is 2. The molecule has 2 N–H and O–H groups in total. The van der Waals surface area contributed by atoms with Crippen molar-refractivity contribution in [3.05, 3.63) is 65.2 Å². The van der Waals surface area contributed by atoms with Crippen molar-refractivity contribution in [1.29, 1.82) is 0 Å². The van der Waals surface area contributed by atoms with E-state index in [1.165, 1.54) is 0 Å². The Morgan fingerprint density at radius 2 is 2.09 bits per heavy atom. The van der Waals surface area contributed by atoms with Crippen LogP contribution in [0.2, 0.25) is 5.02 Å². The highest BCUT2D eigenvalue weighted by molar-refractivity contribution is 6.33. The van der Waals surface area contributed by atoms with Crippen LogP contribution in [0.15, 0.2) is 48.8 Å². The van der Waals surface area contributed by atoms with Gasteiger partial charge in [0.25, 0.3) is 0 Å². The Labute approximate surface area is 207 Å². The van der Waals surface area contributed by atoms with Crippen molar-refractivity contribution in [2.45, 2.75) is 57.1 Å². The summed E-state index contributed by atoms with van der Waals surface area (Å²) >= 11 is 6.05. The van der Waals surface area contributed by atoms with Gasteiger partial charge in [-0.3, -0.25) is 0 Å². The van der Waals surface area contributed by atoms with E-state index in [-0.39, 0.29) is 40.3 Å². The Bertz CT molecular complexity index is 1500. The number of anilines is 1. The van der Waals surface area contributed by atoms with Crippen LogP contribution in [0.25, 0.3) is 21.9 Å². The quantitative estimate of drug-likeness (QED) is 0.397. The predicted molar refractivity (Wildman–Crippen MR) is 133 cm³/mol. The maximum Gasteiger partial charge on any atom is 0.163 e. The number of nitrogens with two attached hydrogens (primary N) is 1. The molecule has 4 aromatic rings. The van der Waals surface area contributed by atoms with E-state index in [9.17, 15) is 4.39 Å². The fraction of sp³-hybridized carbons (Fsp3) is 0.407. The van der Waals surface area contributed by atoms with Crippen LogP contribution >= 0.6 is 11.6 Å². The fourth-order valence-electron chi connectivity index (χ4n) is 6.66. The van der Waals surface area contributed by atoms with Crippen LogP contribution in [-0.2, 0) is 15.9 Å². The van der Waals surface area contributed by atoms with Gasteiger partial charge in [-0.25, -0.2) is 14.4 Å². The summed E-state index contributed by atoms with van der Waals surface area (Å²) in [6.45, 7) is 3.97. The number of fused-ring (bicyclic) bond motifs is 5. The highest BCUT2D eigenvalue weighted by Crippen LogP contribution is 2.73. The van der Waals surface area contributed by atoms with Crippen molar-refractivity contribution in [1.82, 2.24) is 14.5 Å². The molecule has 3 fully saturated rings. The molecule has 2 saturated carbocycles. The van der Waals surface area contributed by atoms with Crippen LogP contribution in [0.3, 0.4) is 0 Å². The molecule has 1 unspecified atom stereocenters. The third-order valence-corrected chi connectivity index (χ3v) is 8.53. The Balaban J connectivity index is 1.22. The maximum absolute atomic E-state index is 14.9. The van der Waals surface area contributed by atoms with Crippen molar-refractivity contribution in [3.63, 3.8) is 0 Å². The fourth-order valence-corrected chi connectivity index (χ4v) is 6.81. The summed E-state index contributed by atoms with van der Waals surface area (Å²) in [5, 5.41) is 1.77. The lowest BCUT2D eigenvalue weighted by atomic mass is 9.91. The predicted octanol–water partition coefficient (Wildman–Crippen LogP) is 5.67. The number of hydrogen-bond acceptors (Lipinski definition) is 5. The normalized spacial score (nSPS) is 30.6. The van der Waals surface area contributed by atoms with Crippen molar-refractivity contribution >= 4 is 39.4 Å². The van der Waals surface area contributed by atoms with Gasteiger partial charge in [0, 0.05) is 28.6 Å². The van der Waals surface area contributed by atoms with Crippen molar-refractivity contribution < 1.29 is 13.9 Å². The molecule has 0 amide bonds. The van der Waals surface area contributed by atoms with Gasteiger partial charge >= 0.3 is 0 Å². The molecule has 35 heavy (non-hydrogen) atoms. The first-order valence-electron chi connectivity index (χ1n) is 12.1. The first-order valence-corrected chi connectivity index (χ1v) is 12.4. The van der Waals surface area contributed by atoms with Gasteiger partial charge in [-0.05, 0) is 81.0 Å². The molecular weight excluding hydrogens is 467 g/mol. The molecule has 8 heteroatoms. The van der Waals surface area contributed by atoms with Crippen LogP contribution in [0, 0.1) is 17.2 Å². The molecule has 5 atom stereocenters. The van der Waals surface area contributed by atoms with E-state index in [1.54, 1.807) is 12.1 Å². The topological polar surface area (TPSA) is 75.2 Å². The molecule has 7 rings (SSSR count). The van der Waals surface area contributed by atoms with Gasteiger partial charge < -0.3 is 19.8 Å². The summed E-state index contributed by atoms with van der Waals surface area (Å²) in [6, 6.07) is 11.4. The molecule has 0 spiro atoms. The van der Waals surface area contributed by atoms with Crippen LogP contribution in [-0.4, -0.2) is 32.5 Å². The van der Waals surface area contributed by atoms with Gasteiger partial charge in [0.15, 0.2) is 5.79 Å². The summed E-state index contributed by atoms with van der Waals surface area (Å²) in [5.74, 6) is -0.334. The van der Waals surface area contributed by atoms with E-state index in [1.807, 2.05) is 32.2 Å². The molecule has 0 bridgehead atoms. The van der Waals surface area contributed by atoms with Gasteiger partial charge in [0.1, 0.15) is 23.4 Å². The molecule has 2 aliphatic carbocycles. The average Bonchev–Trinajstić information content (AvgIpc) is 3.08. The number of nitrogen functional groups attached to an aromatic ring is 1. The van der Waals surface area contributed by atoms with Crippen molar-refractivity contribution in [2.75, 3.05) is 5.73 Å². The first-order chi connectivity index (χ1) is 16.8. The third-order valence-electron chi connectivity index (χ3n) is 8.22. The molecule has 6 nitrogen and oxygen atoms in total. The van der Waals surface area contributed by atoms with Gasteiger partial charge in [-0.2, -0.15) is 0 Å². The molecule has 1 aliphatic heterocycles. The number of benzene rings is 1. The first kappa shape index (κ1) is 21.5. The number of rotatable bonds is 4. The van der Waals surface area contributed by atoms with Gasteiger partial charge in [-0.1, -0.05) is 11.6 Å². The van der Waals surface area contributed by atoms with Crippen LogP contribution in [0.5, 0.6) is 0 Å². The summed E-state index contributed by atoms with van der Waals surface area (Å²) < 4.78 is 30.1. The molecular formula is C27H26ClFN4O2. The third kappa shape index (κ3) is 3.14. The van der Waals surface area contributed by atoms with Gasteiger partial charge in [-0.15, -0.1) is 0 Å². The Hall–Kier alpha value is -2.74. The van der Waals surface area contributed by atoms with E-state index in [2.05, 4.69) is 32.9 Å². The van der Waals surface area contributed by atoms with Crippen molar-refractivity contribution in [2.24, 2.45) is 11.3 Å². The summed E-state index contributed by atoms with van der Waals surface area (Å²) in [6.07, 6.45) is 6.57. The lowest BCUT2D eigenvalue weighted by Gasteiger charge is -2.24. The Kier molecular flexibility index (Phi) is 4.40. The molecule has 3 aliphatic rings. The zero-order valence-electron chi connectivity index (χ0n) is 19.5. The van der Waals surface area contributed by atoms with Gasteiger partial charge in [0.2, 0.25) is 0 Å². The number of ether oxygens (including phenoxy) is 2. The minimum atomic E-state index is -0.639. The molecule has 0 radical (unpaired) electrons. The second-order valence-electron chi connectivity index (χ2n) is 10.7. The number of hydrogen-bond donors (Lipinski definition) is 1. The van der Waals surface area contributed by atoms with Crippen LogP contribution < -0.4 is 5.73 Å². The average molecular weight is 493 g/mol. The van der Waals surface area contributed by atoms with Crippen LogP contribution in [0.4, 0.5) is 10.2 Å².